The summed E-state index contributed by atoms with van der Waals surface area (Å²) in [5.41, 5.74) is 2.60. The van der Waals surface area contributed by atoms with Crippen molar-refractivity contribution in [3.05, 3.63) is 83.2 Å². The van der Waals surface area contributed by atoms with Gasteiger partial charge in [0.25, 0.3) is 17.7 Å². The van der Waals surface area contributed by atoms with Gasteiger partial charge in [-0.15, -0.1) is 0 Å². The summed E-state index contributed by atoms with van der Waals surface area (Å²) < 4.78 is 1.81. The molecule has 1 aliphatic heterocycles. The van der Waals surface area contributed by atoms with Crippen molar-refractivity contribution in [1.82, 2.24) is 14.7 Å². The fourth-order valence-corrected chi connectivity index (χ4v) is 2.98. The molecule has 2 aromatic carbocycles. The number of nitrogens with one attached hydrogen (secondary N) is 1. The van der Waals surface area contributed by atoms with Crippen LogP contribution in [0.4, 0.5) is 5.69 Å². The number of carbonyl (C=O) groups is 3. The van der Waals surface area contributed by atoms with Crippen LogP contribution in [0.2, 0.25) is 0 Å². The number of hydrogen-bond donors (Lipinski definition) is 1. The Kier molecular flexibility index (Phi) is 4.04. The van der Waals surface area contributed by atoms with Crippen LogP contribution in [0.1, 0.15) is 36.6 Å². The minimum atomic E-state index is -0.396. The van der Waals surface area contributed by atoms with Crippen LogP contribution in [0.5, 0.6) is 0 Å². The van der Waals surface area contributed by atoms with Crippen LogP contribution in [-0.2, 0) is 6.54 Å². The number of anilines is 1. The molecule has 0 saturated heterocycles. The highest BCUT2D eigenvalue weighted by molar-refractivity contribution is 6.22. The van der Waals surface area contributed by atoms with Gasteiger partial charge >= 0.3 is 0 Å². The lowest BCUT2D eigenvalue weighted by Gasteiger charge is -2.08. The van der Waals surface area contributed by atoms with E-state index < -0.39 is 5.91 Å². The van der Waals surface area contributed by atoms with Crippen molar-refractivity contribution < 1.29 is 14.4 Å². The van der Waals surface area contributed by atoms with Crippen molar-refractivity contribution in [3.8, 4) is 0 Å². The number of carbonyl (C=O) groups excluding carboxylic acids is 3. The third-order valence-corrected chi connectivity index (χ3v) is 4.47. The summed E-state index contributed by atoms with van der Waals surface area (Å²) in [7, 11) is 1.43. The summed E-state index contributed by atoms with van der Waals surface area (Å²) in [6.45, 7) is 0.649. The van der Waals surface area contributed by atoms with Gasteiger partial charge in [0.1, 0.15) is 0 Å². The van der Waals surface area contributed by atoms with Crippen LogP contribution < -0.4 is 5.32 Å². The van der Waals surface area contributed by atoms with Gasteiger partial charge in [-0.25, -0.2) is 0 Å². The molecule has 0 saturated carbocycles. The molecule has 7 nitrogen and oxygen atoms in total. The maximum Gasteiger partial charge on any atom is 0.261 e. The van der Waals surface area contributed by atoms with E-state index in [0.717, 1.165) is 10.5 Å². The average molecular weight is 360 g/mol. The Hall–Kier alpha value is -3.74. The fraction of sp³-hybridized carbons (Fsp3) is 0.100. The topological polar surface area (TPSA) is 84.3 Å². The number of amides is 3. The molecule has 27 heavy (non-hydrogen) atoms. The highest BCUT2D eigenvalue weighted by atomic mass is 16.2. The van der Waals surface area contributed by atoms with Gasteiger partial charge in [0.2, 0.25) is 0 Å². The van der Waals surface area contributed by atoms with Crippen LogP contribution >= 0.6 is 0 Å². The standard InChI is InChI=1S/C20H16N4O3/c1-23-19(26)16-8-5-14(11-17(16)20(23)27)18(25)22-15-6-3-13(4-7-15)12-24-10-2-9-21-24/h2-11H,12H2,1H3,(H,22,25). The second-order valence-electron chi connectivity index (χ2n) is 6.28. The first-order chi connectivity index (χ1) is 13.0. The van der Waals surface area contributed by atoms with Gasteiger partial charge in [-0.1, -0.05) is 12.1 Å². The van der Waals surface area contributed by atoms with E-state index in [1.807, 2.05) is 41.2 Å². The van der Waals surface area contributed by atoms with Crippen LogP contribution in [0.15, 0.2) is 60.9 Å². The van der Waals surface area contributed by atoms with Crippen molar-refractivity contribution in [2.75, 3.05) is 12.4 Å². The Labute approximate surface area is 155 Å². The number of aromatic nitrogens is 2. The van der Waals surface area contributed by atoms with E-state index >= 15 is 0 Å². The number of benzene rings is 2. The number of imide groups is 1. The third kappa shape index (κ3) is 3.10. The summed E-state index contributed by atoms with van der Waals surface area (Å²) in [4.78, 5) is 37.5. The third-order valence-electron chi connectivity index (χ3n) is 4.47. The number of nitrogens with zero attached hydrogens (tertiary/aromatic N) is 3. The molecular formula is C20H16N4O3. The van der Waals surface area contributed by atoms with Crippen LogP contribution in [0, 0.1) is 0 Å². The zero-order valence-electron chi connectivity index (χ0n) is 14.5. The first kappa shape index (κ1) is 16.7. The molecule has 4 rings (SSSR count). The van der Waals surface area contributed by atoms with Crippen LogP contribution in [0.25, 0.3) is 0 Å². The Morgan fingerprint density at radius 1 is 1.04 bits per heavy atom. The summed E-state index contributed by atoms with van der Waals surface area (Å²) in [5.74, 6) is -1.09. The first-order valence-electron chi connectivity index (χ1n) is 8.37. The predicted octanol–water partition coefficient (Wildman–Crippen LogP) is 2.41. The maximum absolute atomic E-state index is 12.5. The molecule has 7 heteroatoms. The minimum Gasteiger partial charge on any atom is -0.322 e. The van der Waals surface area contributed by atoms with E-state index in [1.165, 1.54) is 19.2 Å². The highest BCUT2D eigenvalue weighted by Crippen LogP contribution is 2.23. The predicted molar refractivity (Wildman–Crippen MR) is 98.6 cm³/mol. The number of hydrogen-bond acceptors (Lipinski definition) is 4. The quantitative estimate of drug-likeness (QED) is 0.724. The summed E-state index contributed by atoms with van der Waals surface area (Å²) in [5, 5.41) is 6.96. The van der Waals surface area contributed by atoms with Crippen LogP contribution in [-0.4, -0.2) is 39.4 Å². The van der Waals surface area contributed by atoms with Crippen molar-refractivity contribution in [2.45, 2.75) is 6.54 Å². The SMILES string of the molecule is CN1C(=O)c2ccc(C(=O)Nc3ccc(Cn4cccn4)cc3)cc2C1=O. The van der Waals surface area contributed by atoms with Gasteiger partial charge in [-0.3, -0.25) is 24.0 Å². The molecule has 0 aliphatic carbocycles. The summed E-state index contributed by atoms with van der Waals surface area (Å²) >= 11 is 0. The van der Waals surface area contributed by atoms with Crippen molar-refractivity contribution >= 4 is 23.4 Å². The van der Waals surface area contributed by atoms with E-state index in [0.29, 0.717) is 23.4 Å². The zero-order chi connectivity index (χ0) is 19.0. The van der Waals surface area contributed by atoms with Gasteiger partial charge in [0, 0.05) is 30.7 Å². The van der Waals surface area contributed by atoms with E-state index in [1.54, 1.807) is 12.3 Å². The monoisotopic (exact) mass is 360 g/mol. The molecule has 1 aliphatic rings. The second kappa shape index (κ2) is 6.53. The van der Waals surface area contributed by atoms with Gasteiger partial charge in [0.05, 0.1) is 17.7 Å². The molecule has 134 valence electrons. The molecule has 3 aromatic rings. The maximum atomic E-state index is 12.5. The largest absolute Gasteiger partial charge is 0.322 e. The minimum absolute atomic E-state index is 0.254. The molecule has 0 radical (unpaired) electrons. The average Bonchev–Trinajstić information content (AvgIpc) is 3.26. The fourth-order valence-electron chi connectivity index (χ4n) is 2.98. The number of fused-ring (bicyclic) bond motifs is 1. The van der Waals surface area contributed by atoms with E-state index in [2.05, 4.69) is 10.4 Å². The van der Waals surface area contributed by atoms with Crippen molar-refractivity contribution in [3.63, 3.8) is 0 Å². The molecule has 0 spiro atoms. The van der Waals surface area contributed by atoms with E-state index in [9.17, 15) is 14.4 Å². The lowest BCUT2D eigenvalue weighted by molar-refractivity contribution is 0.0693. The summed E-state index contributed by atoms with van der Waals surface area (Å²) in [6.07, 6.45) is 3.61. The van der Waals surface area contributed by atoms with E-state index in [4.69, 9.17) is 0 Å². The first-order valence-corrected chi connectivity index (χ1v) is 8.37. The zero-order valence-corrected chi connectivity index (χ0v) is 14.5. The van der Waals surface area contributed by atoms with Crippen molar-refractivity contribution in [2.24, 2.45) is 0 Å². The lowest BCUT2D eigenvalue weighted by atomic mass is 10.1. The van der Waals surface area contributed by atoms with Gasteiger partial charge in [-0.05, 0) is 42.0 Å². The molecule has 0 bridgehead atoms. The molecule has 0 atom stereocenters. The molecule has 2 heterocycles. The summed E-state index contributed by atoms with van der Waals surface area (Å²) in [6, 6.07) is 13.8. The van der Waals surface area contributed by atoms with Gasteiger partial charge in [0.15, 0.2) is 0 Å². The molecule has 1 N–H and O–H groups in total. The highest BCUT2D eigenvalue weighted by Gasteiger charge is 2.33. The molecule has 1 aromatic heterocycles. The Morgan fingerprint density at radius 2 is 1.78 bits per heavy atom. The Morgan fingerprint density at radius 3 is 2.48 bits per heavy atom. The van der Waals surface area contributed by atoms with Gasteiger partial charge in [-0.2, -0.15) is 5.10 Å². The van der Waals surface area contributed by atoms with Crippen LogP contribution in [0.3, 0.4) is 0 Å². The lowest BCUT2D eigenvalue weighted by Crippen LogP contribution is -2.24. The smallest absolute Gasteiger partial charge is 0.261 e. The Bertz CT molecular complexity index is 1040. The molecular weight excluding hydrogens is 344 g/mol. The molecule has 0 unspecified atom stereocenters. The van der Waals surface area contributed by atoms with Gasteiger partial charge < -0.3 is 5.32 Å². The van der Waals surface area contributed by atoms with Crippen molar-refractivity contribution in [1.29, 1.82) is 0 Å². The van der Waals surface area contributed by atoms with E-state index in [-0.39, 0.29) is 17.4 Å². The Balaban J connectivity index is 1.48. The number of rotatable bonds is 4. The molecule has 3 amide bonds. The normalized spacial score (nSPS) is 13.0. The second-order valence-corrected chi connectivity index (χ2v) is 6.28. The molecule has 0 fully saturated rings.